The maximum Gasteiger partial charge on any atom is 0.269 e. The molecule has 4 rings (SSSR count). The average Bonchev–Trinajstić information content (AvgIpc) is 3.45. The molecule has 160 valence electrons. The first kappa shape index (κ1) is 21.1. The number of aromatic nitrogens is 2. The van der Waals surface area contributed by atoms with Gasteiger partial charge in [-0.3, -0.25) is 4.31 Å². The molecule has 0 atom stereocenters. The minimum absolute atomic E-state index is 0.117. The molecule has 31 heavy (non-hydrogen) atoms. The SMILES string of the molecule is COc1ccc(N(C)S(=O)(=O)c2ccsc2-c2nc(-c3ccc(C)c(C)c3)no2)cc1. The molecular weight excluding hydrogens is 434 g/mol. The first-order chi connectivity index (χ1) is 14.8. The highest BCUT2D eigenvalue weighted by molar-refractivity contribution is 7.93. The molecule has 0 amide bonds. The van der Waals surface area contributed by atoms with E-state index in [1.54, 1.807) is 42.8 Å². The van der Waals surface area contributed by atoms with Gasteiger partial charge in [0.25, 0.3) is 15.9 Å². The summed E-state index contributed by atoms with van der Waals surface area (Å²) in [4.78, 5) is 4.98. The van der Waals surface area contributed by atoms with Crippen LogP contribution in [0.15, 0.2) is 63.3 Å². The number of rotatable bonds is 6. The van der Waals surface area contributed by atoms with E-state index in [1.165, 1.54) is 28.3 Å². The first-order valence-electron chi connectivity index (χ1n) is 9.43. The summed E-state index contributed by atoms with van der Waals surface area (Å²) >= 11 is 1.24. The number of sulfonamides is 1. The van der Waals surface area contributed by atoms with Crippen LogP contribution < -0.4 is 9.04 Å². The van der Waals surface area contributed by atoms with Crippen molar-refractivity contribution in [3.05, 3.63) is 65.0 Å². The zero-order chi connectivity index (χ0) is 22.2. The van der Waals surface area contributed by atoms with E-state index < -0.39 is 10.0 Å². The van der Waals surface area contributed by atoms with Crippen LogP contribution in [0.5, 0.6) is 5.75 Å². The van der Waals surface area contributed by atoms with Crippen LogP contribution in [0.4, 0.5) is 5.69 Å². The van der Waals surface area contributed by atoms with Crippen LogP contribution in [0, 0.1) is 13.8 Å². The minimum Gasteiger partial charge on any atom is -0.497 e. The third-order valence-corrected chi connectivity index (χ3v) is 7.95. The molecule has 2 aromatic carbocycles. The molecule has 4 aromatic rings. The van der Waals surface area contributed by atoms with Gasteiger partial charge in [0.2, 0.25) is 5.82 Å². The Balaban J connectivity index is 1.68. The highest BCUT2D eigenvalue weighted by Crippen LogP contribution is 2.35. The van der Waals surface area contributed by atoms with Crippen molar-refractivity contribution in [1.29, 1.82) is 0 Å². The van der Waals surface area contributed by atoms with Gasteiger partial charge in [0.15, 0.2) is 0 Å². The highest BCUT2D eigenvalue weighted by atomic mass is 32.2. The molecule has 7 nitrogen and oxygen atoms in total. The minimum atomic E-state index is -3.84. The fourth-order valence-electron chi connectivity index (χ4n) is 3.05. The quantitative estimate of drug-likeness (QED) is 0.410. The van der Waals surface area contributed by atoms with E-state index in [-0.39, 0.29) is 10.8 Å². The summed E-state index contributed by atoms with van der Waals surface area (Å²) < 4.78 is 38.4. The van der Waals surface area contributed by atoms with Crippen LogP contribution in [-0.4, -0.2) is 32.7 Å². The summed E-state index contributed by atoms with van der Waals surface area (Å²) in [5, 5.41) is 5.76. The van der Waals surface area contributed by atoms with E-state index in [0.29, 0.717) is 22.1 Å². The number of ether oxygens (including phenoxy) is 1. The Kier molecular flexibility index (Phi) is 5.55. The second kappa shape index (κ2) is 8.16. The summed E-state index contributed by atoms with van der Waals surface area (Å²) in [7, 11) is -0.774. The lowest BCUT2D eigenvalue weighted by atomic mass is 10.1. The Bertz CT molecular complexity index is 1330. The van der Waals surface area contributed by atoms with Crippen molar-refractivity contribution in [1.82, 2.24) is 10.1 Å². The van der Waals surface area contributed by atoms with Gasteiger partial charge in [0.05, 0.1) is 12.8 Å². The largest absolute Gasteiger partial charge is 0.497 e. The number of nitrogens with zero attached hydrogens (tertiary/aromatic N) is 3. The molecule has 2 aromatic heterocycles. The van der Waals surface area contributed by atoms with E-state index >= 15 is 0 Å². The van der Waals surface area contributed by atoms with Crippen molar-refractivity contribution in [2.75, 3.05) is 18.5 Å². The Hall–Kier alpha value is -3.17. The van der Waals surface area contributed by atoms with Crippen molar-refractivity contribution < 1.29 is 17.7 Å². The van der Waals surface area contributed by atoms with Crippen LogP contribution >= 0.6 is 11.3 Å². The summed E-state index contributed by atoms with van der Waals surface area (Å²) in [6, 6.07) is 14.2. The van der Waals surface area contributed by atoms with Crippen LogP contribution in [0.3, 0.4) is 0 Å². The predicted molar refractivity (Wildman–Crippen MR) is 121 cm³/mol. The lowest BCUT2D eigenvalue weighted by molar-refractivity contribution is 0.415. The molecule has 0 saturated heterocycles. The highest BCUT2D eigenvalue weighted by Gasteiger charge is 2.28. The summed E-state index contributed by atoms with van der Waals surface area (Å²) in [6.45, 7) is 4.04. The third kappa shape index (κ3) is 3.94. The lowest BCUT2D eigenvalue weighted by Gasteiger charge is -2.19. The van der Waals surface area contributed by atoms with Crippen molar-refractivity contribution in [2.45, 2.75) is 18.7 Å². The molecule has 0 aliphatic heterocycles. The molecule has 2 heterocycles. The maximum atomic E-state index is 13.3. The Morgan fingerprint density at radius 3 is 2.45 bits per heavy atom. The number of anilines is 1. The second-order valence-corrected chi connectivity index (χ2v) is 9.86. The standard InChI is InChI=1S/C22H21N3O4S2/c1-14-5-6-16(13-15(14)2)21-23-22(29-24-21)20-19(11-12-30-20)31(26,27)25(3)17-7-9-18(28-4)10-8-17/h5-13H,1-4H3. The van der Waals surface area contributed by atoms with Gasteiger partial charge >= 0.3 is 0 Å². The van der Waals surface area contributed by atoms with Crippen LogP contribution in [0.25, 0.3) is 22.2 Å². The van der Waals surface area contributed by atoms with Gasteiger partial charge in [-0.1, -0.05) is 17.3 Å². The summed E-state index contributed by atoms with van der Waals surface area (Å²) in [5.74, 6) is 1.23. The maximum absolute atomic E-state index is 13.3. The number of hydrogen-bond donors (Lipinski definition) is 0. The van der Waals surface area contributed by atoms with Gasteiger partial charge < -0.3 is 9.26 Å². The second-order valence-electron chi connectivity index (χ2n) is 7.01. The van der Waals surface area contributed by atoms with Gasteiger partial charge in [0, 0.05) is 12.6 Å². The van der Waals surface area contributed by atoms with Gasteiger partial charge in [-0.2, -0.15) is 4.98 Å². The molecule has 0 aliphatic rings. The molecule has 0 unspecified atom stereocenters. The van der Waals surface area contributed by atoms with Gasteiger partial charge in [-0.25, -0.2) is 8.42 Å². The number of aryl methyl sites for hydroxylation is 2. The van der Waals surface area contributed by atoms with E-state index in [0.717, 1.165) is 11.1 Å². The van der Waals surface area contributed by atoms with Crippen LogP contribution in [0.1, 0.15) is 11.1 Å². The van der Waals surface area contributed by atoms with Crippen molar-refractivity contribution >= 4 is 27.0 Å². The van der Waals surface area contributed by atoms with E-state index in [9.17, 15) is 8.42 Å². The summed E-state index contributed by atoms with van der Waals surface area (Å²) in [5.41, 5.74) is 3.61. The van der Waals surface area contributed by atoms with E-state index in [2.05, 4.69) is 10.1 Å². The van der Waals surface area contributed by atoms with Gasteiger partial charge in [-0.15, -0.1) is 11.3 Å². The Morgan fingerprint density at radius 1 is 1.03 bits per heavy atom. The Labute approximate surface area is 185 Å². The molecule has 0 bridgehead atoms. The molecule has 0 fully saturated rings. The summed E-state index contributed by atoms with van der Waals surface area (Å²) in [6.07, 6.45) is 0. The first-order valence-corrected chi connectivity index (χ1v) is 11.8. The predicted octanol–water partition coefficient (Wildman–Crippen LogP) is 4.92. The number of thiophene rings is 1. The third-order valence-electron chi connectivity index (χ3n) is 5.09. The lowest BCUT2D eigenvalue weighted by Crippen LogP contribution is -2.26. The Morgan fingerprint density at radius 2 is 1.77 bits per heavy atom. The molecule has 0 spiro atoms. The van der Waals surface area contributed by atoms with E-state index in [4.69, 9.17) is 9.26 Å². The molecule has 9 heteroatoms. The zero-order valence-corrected chi connectivity index (χ0v) is 19.1. The van der Waals surface area contributed by atoms with Crippen molar-refractivity contribution in [2.24, 2.45) is 0 Å². The smallest absolute Gasteiger partial charge is 0.269 e. The number of hydrogen-bond acceptors (Lipinski definition) is 7. The molecule has 0 aliphatic carbocycles. The fourth-order valence-corrected chi connectivity index (χ4v) is 5.56. The van der Waals surface area contributed by atoms with Gasteiger partial charge in [0.1, 0.15) is 15.5 Å². The zero-order valence-electron chi connectivity index (χ0n) is 17.5. The van der Waals surface area contributed by atoms with Crippen molar-refractivity contribution in [3.63, 3.8) is 0 Å². The van der Waals surface area contributed by atoms with Crippen LogP contribution in [0.2, 0.25) is 0 Å². The molecule has 0 N–H and O–H groups in total. The monoisotopic (exact) mass is 455 g/mol. The molecular formula is C22H21N3O4S2. The fraction of sp³-hybridized carbons (Fsp3) is 0.182. The molecule has 0 radical (unpaired) electrons. The number of benzene rings is 2. The van der Waals surface area contributed by atoms with Crippen LogP contribution in [-0.2, 0) is 10.0 Å². The van der Waals surface area contributed by atoms with E-state index in [1.807, 2.05) is 32.0 Å². The topological polar surface area (TPSA) is 85.5 Å². The number of methoxy groups -OCH3 is 1. The average molecular weight is 456 g/mol. The van der Waals surface area contributed by atoms with Crippen molar-refractivity contribution in [3.8, 4) is 27.9 Å². The normalized spacial score (nSPS) is 11.5. The molecule has 0 saturated carbocycles. The van der Waals surface area contributed by atoms with Gasteiger partial charge in [-0.05, 0) is 66.8 Å².